The highest BCUT2D eigenvalue weighted by Crippen LogP contribution is 2.23. The molecular weight excluding hydrogens is 332 g/mol. The van der Waals surface area contributed by atoms with Crippen molar-refractivity contribution < 1.29 is 4.48 Å². The lowest BCUT2D eigenvalue weighted by Gasteiger charge is -2.29. The third-order valence-electron chi connectivity index (χ3n) is 3.28. The maximum absolute atomic E-state index is 5.66. The van der Waals surface area contributed by atoms with E-state index in [1.165, 1.54) is 5.69 Å². The van der Waals surface area contributed by atoms with Crippen molar-refractivity contribution in [2.75, 3.05) is 45.7 Å². The van der Waals surface area contributed by atoms with Gasteiger partial charge in [-0.1, -0.05) is 0 Å². The first-order valence-electron chi connectivity index (χ1n) is 7.44. The Morgan fingerprint density at radius 2 is 1.87 bits per heavy atom. The van der Waals surface area contributed by atoms with Crippen molar-refractivity contribution in [3.8, 4) is 0 Å². The molecule has 124 valence electrons. The van der Waals surface area contributed by atoms with E-state index in [2.05, 4.69) is 64.7 Å². The summed E-state index contributed by atoms with van der Waals surface area (Å²) in [6.45, 7) is 5.25. The fraction of sp³-hybridized carbons (Fsp3) is 0.467. The van der Waals surface area contributed by atoms with Crippen LogP contribution in [0.1, 0.15) is 6.92 Å². The van der Waals surface area contributed by atoms with Crippen LogP contribution in [0.4, 0.5) is 16.5 Å². The number of likely N-dealkylation sites (N-methyl/N-ethyl adjacent to an activating group) is 2. The topological polar surface area (TPSA) is 53.7 Å². The van der Waals surface area contributed by atoms with Gasteiger partial charge in [0, 0.05) is 23.8 Å². The van der Waals surface area contributed by atoms with Crippen LogP contribution < -0.4 is 4.90 Å². The van der Waals surface area contributed by atoms with E-state index in [0.29, 0.717) is 5.13 Å². The van der Waals surface area contributed by atoms with Crippen LogP contribution in [0.3, 0.4) is 0 Å². The van der Waals surface area contributed by atoms with Crippen LogP contribution in [0.25, 0.3) is 0 Å². The third kappa shape index (κ3) is 5.85. The highest BCUT2D eigenvalue weighted by Gasteiger charge is 2.11. The van der Waals surface area contributed by atoms with Crippen LogP contribution in [-0.4, -0.2) is 54.6 Å². The third-order valence-corrected chi connectivity index (χ3v) is 4.15. The minimum absolute atomic E-state index is 0.204. The molecule has 23 heavy (non-hydrogen) atoms. The van der Waals surface area contributed by atoms with Crippen molar-refractivity contribution in [1.29, 1.82) is 0 Å². The predicted octanol–water partition coefficient (Wildman–Crippen LogP) is 4.14. The lowest BCUT2D eigenvalue weighted by Crippen LogP contribution is -2.42. The quantitative estimate of drug-likeness (QED) is 0.555. The van der Waals surface area contributed by atoms with Crippen molar-refractivity contribution in [2.24, 2.45) is 10.2 Å². The second kappa shape index (κ2) is 7.81. The Balaban J connectivity index is 2.01. The van der Waals surface area contributed by atoms with Crippen molar-refractivity contribution in [1.82, 2.24) is 9.36 Å². The zero-order chi connectivity index (χ0) is 16.9. The van der Waals surface area contributed by atoms with Gasteiger partial charge in [-0.3, -0.25) is 0 Å². The van der Waals surface area contributed by atoms with E-state index < -0.39 is 0 Å². The molecule has 0 aliphatic heterocycles. The molecule has 1 aromatic heterocycles. The number of hydrogen-bond acceptors (Lipinski definition) is 6. The van der Waals surface area contributed by atoms with Crippen LogP contribution in [0.15, 0.2) is 34.5 Å². The standard InChI is InChI=1S/C15H22ClN6S/c1-5-21(10-11-22(2,3)4)13-8-6-12(7-9-13)18-19-15-17-14(16)20-23-15/h6-9H,5,10-11H2,1-4H3/q+1. The number of aromatic nitrogens is 2. The lowest BCUT2D eigenvalue weighted by molar-refractivity contribution is -0.868. The summed E-state index contributed by atoms with van der Waals surface area (Å²) in [5.41, 5.74) is 1.97. The predicted molar refractivity (Wildman–Crippen MR) is 96.3 cm³/mol. The summed E-state index contributed by atoms with van der Waals surface area (Å²) in [5, 5.41) is 8.84. The molecular formula is C15H22ClN6S+. The maximum atomic E-state index is 5.66. The zero-order valence-electron chi connectivity index (χ0n) is 13.9. The van der Waals surface area contributed by atoms with E-state index in [-0.39, 0.29) is 5.28 Å². The summed E-state index contributed by atoms with van der Waals surface area (Å²) in [4.78, 5) is 6.29. The summed E-state index contributed by atoms with van der Waals surface area (Å²) >= 11 is 6.78. The van der Waals surface area contributed by atoms with Gasteiger partial charge in [-0.15, -0.1) is 10.2 Å². The number of benzene rings is 1. The van der Waals surface area contributed by atoms with Gasteiger partial charge in [0.1, 0.15) is 0 Å². The summed E-state index contributed by atoms with van der Waals surface area (Å²) in [6, 6.07) is 8.05. The van der Waals surface area contributed by atoms with E-state index >= 15 is 0 Å². The van der Waals surface area contributed by atoms with Gasteiger partial charge in [0.15, 0.2) is 0 Å². The molecule has 0 saturated heterocycles. The first kappa shape index (κ1) is 17.8. The second-order valence-corrected chi connectivity index (χ2v) is 7.22. The van der Waals surface area contributed by atoms with Crippen LogP contribution >= 0.6 is 23.1 Å². The molecule has 6 nitrogen and oxygen atoms in total. The fourth-order valence-electron chi connectivity index (χ4n) is 1.96. The molecule has 2 aromatic rings. The molecule has 0 saturated carbocycles. The molecule has 0 bridgehead atoms. The first-order valence-corrected chi connectivity index (χ1v) is 8.59. The number of rotatable bonds is 7. The van der Waals surface area contributed by atoms with Gasteiger partial charge >= 0.3 is 0 Å². The van der Waals surface area contributed by atoms with E-state index in [1.54, 1.807) is 0 Å². The normalized spacial score (nSPS) is 12.0. The summed E-state index contributed by atoms with van der Waals surface area (Å²) in [6.07, 6.45) is 0. The number of halogens is 1. The molecule has 0 aliphatic carbocycles. The van der Waals surface area contributed by atoms with Gasteiger partial charge in [-0.2, -0.15) is 9.36 Å². The molecule has 0 radical (unpaired) electrons. The van der Waals surface area contributed by atoms with E-state index in [1.807, 2.05) is 12.1 Å². The zero-order valence-corrected chi connectivity index (χ0v) is 15.5. The van der Waals surface area contributed by atoms with Crippen LogP contribution in [0.5, 0.6) is 0 Å². The molecule has 0 unspecified atom stereocenters. The van der Waals surface area contributed by atoms with Gasteiger partial charge in [0.05, 0.1) is 39.9 Å². The van der Waals surface area contributed by atoms with Crippen molar-refractivity contribution in [3.05, 3.63) is 29.5 Å². The van der Waals surface area contributed by atoms with Crippen molar-refractivity contribution in [3.63, 3.8) is 0 Å². The average molecular weight is 354 g/mol. The van der Waals surface area contributed by atoms with Gasteiger partial charge in [-0.05, 0) is 42.8 Å². The average Bonchev–Trinajstić information content (AvgIpc) is 2.91. The Hall–Kier alpha value is -1.57. The largest absolute Gasteiger partial charge is 0.366 e. The second-order valence-electron chi connectivity index (χ2n) is 6.16. The molecule has 0 spiro atoms. The van der Waals surface area contributed by atoms with E-state index in [0.717, 1.165) is 41.3 Å². The number of azo groups is 1. The lowest BCUT2D eigenvalue weighted by atomic mass is 10.2. The maximum Gasteiger partial charge on any atom is 0.250 e. The fourth-order valence-corrected chi connectivity index (χ4v) is 2.60. The van der Waals surface area contributed by atoms with E-state index in [4.69, 9.17) is 11.6 Å². The van der Waals surface area contributed by atoms with Crippen LogP contribution in [0, 0.1) is 0 Å². The molecule has 0 N–H and O–H groups in total. The molecule has 1 heterocycles. The van der Waals surface area contributed by atoms with Crippen LogP contribution in [-0.2, 0) is 0 Å². The molecule has 8 heteroatoms. The van der Waals surface area contributed by atoms with Gasteiger partial charge < -0.3 is 9.38 Å². The van der Waals surface area contributed by atoms with Gasteiger partial charge in [0.2, 0.25) is 10.4 Å². The Bertz CT molecular complexity index is 647. The van der Waals surface area contributed by atoms with Crippen molar-refractivity contribution >= 4 is 39.6 Å². The molecule has 0 fully saturated rings. The Kier molecular flexibility index (Phi) is 6.04. The van der Waals surface area contributed by atoms with Gasteiger partial charge in [-0.25, -0.2) is 0 Å². The summed E-state index contributed by atoms with van der Waals surface area (Å²) < 4.78 is 4.80. The molecule has 1 aromatic carbocycles. The number of quaternary nitrogens is 1. The Morgan fingerprint density at radius 3 is 2.39 bits per heavy atom. The monoisotopic (exact) mass is 353 g/mol. The Labute approximate surface area is 146 Å². The van der Waals surface area contributed by atoms with Crippen molar-refractivity contribution in [2.45, 2.75) is 6.92 Å². The smallest absolute Gasteiger partial charge is 0.250 e. The molecule has 0 amide bonds. The molecule has 0 atom stereocenters. The van der Waals surface area contributed by atoms with Gasteiger partial charge in [0.25, 0.3) is 0 Å². The van der Waals surface area contributed by atoms with E-state index in [9.17, 15) is 0 Å². The highest BCUT2D eigenvalue weighted by atomic mass is 35.5. The minimum Gasteiger partial charge on any atom is -0.366 e. The minimum atomic E-state index is 0.204. The Morgan fingerprint density at radius 1 is 1.17 bits per heavy atom. The molecule has 0 aliphatic rings. The number of anilines is 1. The summed E-state index contributed by atoms with van der Waals surface area (Å²) in [5.74, 6) is 0. The number of hydrogen-bond donors (Lipinski definition) is 0. The number of nitrogens with zero attached hydrogens (tertiary/aromatic N) is 6. The first-order chi connectivity index (χ1) is 10.9. The SMILES string of the molecule is CCN(CC[N+](C)(C)C)c1ccc(N=Nc2nc(Cl)ns2)cc1. The highest BCUT2D eigenvalue weighted by molar-refractivity contribution is 7.09. The van der Waals surface area contributed by atoms with Crippen LogP contribution in [0.2, 0.25) is 5.28 Å². The summed E-state index contributed by atoms with van der Waals surface area (Å²) in [7, 11) is 6.62. The molecule has 2 rings (SSSR count).